The summed E-state index contributed by atoms with van der Waals surface area (Å²) in [5.41, 5.74) is 3.40. The van der Waals surface area contributed by atoms with Crippen molar-refractivity contribution in [1.82, 2.24) is 24.3 Å². The maximum Gasteiger partial charge on any atom is 0.261 e. The van der Waals surface area contributed by atoms with Crippen molar-refractivity contribution in [3.8, 4) is 5.69 Å². The molecule has 7 heteroatoms. The van der Waals surface area contributed by atoms with E-state index in [1.165, 1.54) is 10.5 Å². The summed E-state index contributed by atoms with van der Waals surface area (Å²) < 4.78 is 1.90. The highest BCUT2D eigenvalue weighted by molar-refractivity contribution is 6.26. The van der Waals surface area contributed by atoms with Crippen molar-refractivity contribution in [2.45, 2.75) is 26.3 Å². The van der Waals surface area contributed by atoms with Gasteiger partial charge in [-0.15, -0.1) is 0 Å². The molecule has 0 N–H and O–H groups in total. The Morgan fingerprint density at radius 2 is 1.63 bits per heavy atom. The highest BCUT2D eigenvalue weighted by Crippen LogP contribution is 2.33. The second kappa shape index (κ2) is 11.7. The number of likely N-dealkylation sites (N-methyl/N-ethyl adjacent to an activating group) is 1. The van der Waals surface area contributed by atoms with E-state index in [1.807, 2.05) is 41.1 Å². The van der Waals surface area contributed by atoms with Gasteiger partial charge in [0.25, 0.3) is 11.8 Å². The molecule has 0 saturated heterocycles. The Hall–Kier alpha value is -3.81. The summed E-state index contributed by atoms with van der Waals surface area (Å²) in [5.74, 6) is -0.442. The minimum Gasteiger partial charge on any atom is -0.306 e. The van der Waals surface area contributed by atoms with E-state index >= 15 is 0 Å². The molecule has 3 aromatic carbocycles. The highest BCUT2D eigenvalue weighted by atomic mass is 16.2. The molecule has 0 spiro atoms. The molecular weight excluding hydrogens is 474 g/mol. The topological polar surface area (TPSA) is 61.7 Å². The quantitative estimate of drug-likeness (QED) is 0.255. The summed E-state index contributed by atoms with van der Waals surface area (Å²) in [6, 6.07) is 20.0. The molecule has 1 aliphatic rings. The number of carbonyl (C=O) groups excluding carboxylic acids is 2. The zero-order chi connectivity index (χ0) is 26.5. The van der Waals surface area contributed by atoms with Crippen LogP contribution in [-0.4, -0.2) is 75.8 Å². The molecule has 0 atom stereocenters. The SMILES string of the molecule is CCCN(CCCN(C)CCN1C(=O)c2cccc3c(-n4ccnc4)ccc(c23)C1=O)Cc1ccccc1. The van der Waals surface area contributed by atoms with Gasteiger partial charge < -0.3 is 9.47 Å². The van der Waals surface area contributed by atoms with E-state index in [2.05, 4.69) is 59.1 Å². The van der Waals surface area contributed by atoms with E-state index in [1.54, 1.807) is 12.5 Å². The van der Waals surface area contributed by atoms with E-state index in [9.17, 15) is 9.59 Å². The smallest absolute Gasteiger partial charge is 0.261 e. The van der Waals surface area contributed by atoms with Crippen LogP contribution in [0.2, 0.25) is 0 Å². The lowest BCUT2D eigenvalue weighted by Crippen LogP contribution is -2.44. The molecule has 38 heavy (non-hydrogen) atoms. The Labute approximate surface area is 224 Å². The first-order valence-electron chi connectivity index (χ1n) is 13.4. The molecule has 5 rings (SSSR count). The van der Waals surface area contributed by atoms with E-state index in [-0.39, 0.29) is 11.8 Å². The summed E-state index contributed by atoms with van der Waals surface area (Å²) in [7, 11) is 2.06. The molecule has 0 bridgehead atoms. The van der Waals surface area contributed by atoms with Crippen molar-refractivity contribution in [2.24, 2.45) is 0 Å². The normalized spacial score (nSPS) is 13.3. The second-order valence-corrected chi connectivity index (χ2v) is 10.0. The first-order valence-corrected chi connectivity index (χ1v) is 13.4. The summed E-state index contributed by atoms with van der Waals surface area (Å²) in [4.78, 5) is 37.1. The van der Waals surface area contributed by atoms with Crippen molar-refractivity contribution >= 4 is 22.6 Å². The third-order valence-corrected chi connectivity index (χ3v) is 7.26. The first-order chi connectivity index (χ1) is 18.6. The van der Waals surface area contributed by atoms with Crippen LogP contribution in [0.5, 0.6) is 0 Å². The monoisotopic (exact) mass is 509 g/mol. The van der Waals surface area contributed by atoms with Gasteiger partial charge in [0.2, 0.25) is 0 Å². The lowest BCUT2D eigenvalue weighted by molar-refractivity contribution is 0.0597. The van der Waals surface area contributed by atoms with Crippen LogP contribution in [0.25, 0.3) is 16.5 Å². The van der Waals surface area contributed by atoms with Crippen molar-refractivity contribution in [3.63, 3.8) is 0 Å². The molecule has 2 heterocycles. The van der Waals surface area contributed by atoms with Crippen LogP contribution in [-0.2, 0) is 6.54 Å². The third-order valence-electron chi connectivity index (χ3n) is 7.26. The average Bonchev–Trinajstić information content (AvgIpc) is 3.47. The molecule has 0 aliphatic carbocycles. The third kappa shape index (κ3) is 5.39. The number of hydrogen-bond acceptors (Lipinski definition) is 5. The van der Waals surface area contributed by atoms with Crippen molar-refractivity contribution in [2.75, 3.05) is 39.8 Å². The fourth-order valence-corrected chi connectivity index (χ4v) is 5.34. The number of rotatable bonds is 12. The maximum atomic E-state index is 13.4. The molecule has 2 amide bonds. The number of aromatic nitrogens is 2. The number of hydrogen-bond donors (Lipinski definition) is 0. The van der Waals surface area contributed by atoms with E-state index in [4.69, 9.17) is 0 Å². The number of benzene rings is 3. The number of amides is 2. The van der Waals surface area contributed by atoms with Crippen LogP contribution in [0.3, 0.4) is 0 Å². The molecule has 0 unspecified atom stereocenters. The van der Waals surface area contributed by atoms with E-state index < -0.39 is 0 Å². The van der Waals surface area contributed by atoms with Crippen LogP contribution in [0.15, 0.2) is 79.4 Å². The van der Waals surface area contributed by atoms with Crippen molar-refractivity contribution in [1.29, 1.82) is 0 Å². The summed E-state index contributed by atoms with van der Waals surface area (Å²) in [5, 5.41) is 1.61. The minimum atomic E-state index is -0.221. The lowest BCUT2D eigenvalue weighted by atomic mass is 9.93. The standard InChI is InChI=1S/C31H35N5O2/c1-3-16-34(22-24-9-5-4-6-10-24)18-8-17-33(2)20-21-36-30(37)26-12-7-11-25-28(35-19-15-32-23-35)14-13-27(29(25)26)31(36)38/h4-7,9-15,19,23H,3,8,16-18,20-22H2,1-2H3. The molecule has 1 aromatic heterocycles. The number of imide groups is 1. The van der Waals surface area contributed by atoms with Crippen LogP contribution in [0.1, 0.15) is 46.0 Å². The molecule has 0 saturated carbocycles. The van der Waals surface area contributed by atoms with Gasteiger partial charge in [0.1, 0.15) is 0 Å². The Balaban J connectivity index is 1.21. The van der Waals surface area contributed by atoms with Gasteiger partial charge in [-0.05, 0) is 63.3 Å². The van der Waals surface area contributed by atoms with Gasteiger partial charge in [-0.25, -0.2) is 4.98 Å². The fraction of sp³-hybridized carbons (Fsp3) is 0.323. The van der Waals surface area contributed by atoms with Crippen LogP contribution in [0, 0.1) is 0 Å². The Kier molecular flexibility index (Phi) is 7.96. The summed E-state index contributed by atoms with van der Waals surface area (Å²) in [6.45, 7) is 7.19. The van der Waals surface area contributed by atoms with E-state index in [0.29, 0.717) is 24.2 Å². The Morgan fingerprint density at radius 3 is 2.37 bits per heavy atom. The van der Waals surface area contributed by atoms with Gasteiger partial charge in [0.05, 0.1) is 12.0 Å². The minimum absolute atomic E-state index is 0.221. The largest absolute Gasteiger partial charge is 0.306 e. The van der Waals surface area contributed by atoms with Gasteiger partial charge in [-0.1, -0.05) is 49.4 Å². The summed E-state index contributed by atoms with van der Waals surface area (Å²) in [6.07, 6.45) is 7.46. The zero-order valence-electron chi connectivity index (χ0n) is 22.2. The molecule has 7 nitrogen and oxygen atoms in total. The molecule has 0 fully saturated rings. The van der Waals surface area contributed by atoms with Crippen LogP contribution >= 0.6 is 0 Å². The molecule has 196 valence electrons. The molecule has 4 aromatic rings. The number of imidazole rings is 1. The maximum absolute atomic E-state index is 13.4. The predicted octanol–water partition coefficient (Wildman–Crippen LogP) is 4.86. The molecule has 1 aliphatic heterocycles. The number of nitrogens with zero attached hydrogens (tertiary/aromatic N) is 5. The second-order valence-electron chi connectivity index (χ2n) is 10.0. The zero-order valence-corrected chi connectivity index (χ0v) is 22.2. The molecule has 0 radical (unpaired) electrons. The van der Waals surface area contributed by atoms with Crippen molar-refractivity contribution in [3.05, 3.63) is 96.1 Å². The Bertz CT molecular complexity index is 1380. The first kappa shape index (κ1) is 25.8. The van der Waals surface area contributed by atoms with E-state index in [0.717, 1.165) is 55.5 Å². The average molecular weight is 510 g/mol. The fourth-order valence-electron chi connectivity index (χ4n) is 5.34. The van der Waals surface area contributed by atoms with Gasteiger partial charge in [-0.3, -0.25) is 19.4 Å². The van der Waals surface area contributed by atoms with Crippen LogP contribution in [0.4, 0.5) is 0 Å². The lowest BCUT2D eigenvalue weighted by Gasteiger charge is -2.29. The summed E-state index contributed by atoms with van der Waals surface area (Å²) >= 11 is 0. The highest BCUT2D eigenvalue weighted by Gasteiger charge is 2.33. The van der Waals surface area contributed by atoms with Gasteiger partial charge in [0.15, 0.2) is 0 Å². The molecular formula is C31H35N5O2. The predicted molar refractivity (Wildman–Crippen MR) is 151 cm³/mol. The number of carbonyl (C=O) groups is 2. The van der Waals surface area contributed by atoms with Gasteiger partial charge in [0, 0.05) is 53.9 Å². The van der Waals surface area contributed by atoms with Gasteiger partial charge in [-0.2, -0.15) is 0 Å². The van der Waals surface area contributed by atoms with Crippen LogP contribution < -0.4 is 0 Å². The van der Waals surface area contributed by atoms with Gasteiger partial charge >= 0.3 is 0 Å². The Morgan fingerprint density at radius 1 is 0.842 bits per heavy atom. The van der Waals surface area contributed by atoms with Crippen molar-refractivity contribution < 1.29 is 9.59 Å².